The van der Waals surface area contributed by atoms with Crippen LogP contribution in [0.1, 0.15) is 313 Å². The van der Waals surface area contributed by atoms with Crippen molar-refractivity contribution in [1.29, 1.82) is 0 Å². The number of unbranched alkanes of at least 4 members (excludes halogenated alkanes) is 28. The Labute approximate surface area is 548 Å². The predicted octanol–water partition coefficient (Wildman–Crippen LogP) is 18.6. The molecule has 24 nitrogen and oxygen atoms in total. The van der Waals surface area contributed by atoms with Gasteiger partial charge in [-0.2, -0.15) is 0 Å². The summed E-state index contributed by atoms with van der Waals surface area (Å²) in [5, 5.41) is 85.9. The van der Waals surface area contributed by atoms with Gasteiger partial charge in [0.05, 0.1) is 65.1 Å². The van der Waals surface area contributed by atoms with E-state index in [1.807, 2.05) is 0 Å². The van der Waals surface area contributed by atoms with E-state index in [-0.39, 0.29) is 18.9 Å². The van der Waals surface area contributed by atoms with E-state index in [1.54, 1.807) is 0 Å². The summed E-state index contributed by atoms with van der Waals surface area (Å²) in [6.07, 6.45) is 47.3. The molecule has 0 saturated heterocycles. The summed E-state index contributed by atoms with van der Waals surface area (Å²) in [5.41, 5.74) is 0. The van der Waals surface area contributed by atoms with Crippen molar-refractivity contribution in [1.82, 2.24) is 0 Å². The molecule has 0 heterocycles. The second-order valence-electron chi connectivity index (χ2n) is 22.2. The van der Waals surface area contributed by atoms with Crippen LogP contribution in [0, 0.1) is 39.9 Å². The van der Waals surface area contributed by atoms with Crippen LogP contribution in [0.25, 0.3) is 0 Å². The van der Waals surface area contributed by atoms with Crippen molar-refractivity contribution in [3.05, 3.63) is 39.9 Å². The monoisotopic (exact) mass is 1300 g/mol. The number of rotatable bonds is 42. The molecule has 0 aromatic rings. The molecule has 8 N–H and O–H groups in total. The summed E-state index contributed by atoms with van der Waals surface area (Å²) < 4.78 is 2.28. The van der Waals surface area contributed by atoms with E-state index in [4.69, 9.17) is 70.9 Å². The molecule has 0 aliphatic heterocycles. The Bertz CT molecular complexity index is 1050. The van der Waals surface area contributed by atoms with Gasteiger partial charge in [-0.25, -0.2) is 0 Å². The molecular weight excluding hydrogens is 1160 g/mol. The maximum atomic E-state index is 10.2. The third-order valence-electron chi connectivity index (χ3n) is 13.8. The van der Waals surface area contributed by atoms with Crippen LogP contribution in [0.15, 0.2) is 32.0 Å². The van der Waals surface area contributed by atoms with Gasteiger partial charge in [-0.05, 0) is 66.2 Å². The van der Waals surface area contributed by atoms with Gasteiger partial charge in [-0.15, -0.1) is 48.8 Å². The molecule has 530 valence electrons. The van der Waals surface area contributed by atoms with Crippen molar-refractivity contribution in [2.45, 2.75) is 324 Å². The van der Waals surface area contributed by atoms with Crippen LogP contribution in [-0.4, -0.2) is 147 Å². The van der Waals surface area contributed by atoms with Crippen LogP contribution in [0.4, 0.5) is 0 Å². The van der Waals surface area contributed by atoms with Gasteiger partial charge in [0.15, 0.2) is 21.4 Å². The molecular formula is C60H143LiN8O16P2. The Morgan fingerprint density at radius 3 is 0.529 bits per heavy atom. The minimum absolute atomic E-state index is 0. The van der Waals surface area contributed by atoms with Crippen LogP contribution < -0.4 is 0 Å². The second kappa shape index (κ2) is 111. The SMILES string of the molecule is CCCCCCCCC(O)(P)CCCCCCC.CCCCCCCCC(O)(P)CCCCCCC.CCCCCCCCO.CCCCCCCCO.CC[N+](C)(C)CC.CC[N+](C)(C)CC.O=NO.O=NO.O=NO.O=NO.O=N[O-].O=N[O-].[LiH]. The molecule has 0 rings (SSSR count). The average molecular weight is 1300 g/mol. The topological polar surface area (TPSA) is 385 Å². The summed E-state index contributed by atoms with van der Waals surface area (Å²) in [6, 6.07) is 0. The third kappa shape index (κ3) is 180. The zero-order valence-electron chi connectivity index (χ0n) is 57.7. The Morgan fingerprint density at radius 1 is 0.310 bits per heavy atom. The molecule has 0 radical (unpaired) electrons. The zero-order chi connectivity index (χ0) is 69.4. The molecule has 0 aliphatic rings. The third-order valence-corrected chi connectivity index (χ3v) is 15.0. The fourth-order valence-electron chi connectivity index (χ4n) is 6.97. The Balaban J connectivity index is -0.0000000666. The van der Waals surface area contributed by atoms with Crippen molar-refractivity contribution in [2.24, 2.45) is 32.0 Å². The fraction of sp³-hybridized carbons (Fsp3) is 1.00. The normalized spacial score (nSPS) is 10.9. The van der Waals surface area contributed by atoms with Crippen molar-refractivity contribution in [2.75, 3.05) is 67.6 Å². The Kier molecular flexibility index (Phi) is 148. The first-order chi connectivity index (χ1) is 40.8. The maximum absolute atomic E-state index is 10.2. The minimum atomic E-state index is -0.489. The van der Waals surface area contributed by atoms with Gasteiger partial charge in [0.2, 0.25) is 0 Å². The number of aliphatic hydroxyl groups excluding tert-OH is 2. The first-order valence-corrected chi connectivity index (χ1v) is 33.6. The molecule has 0 fully saturated rings. The van der Waals surface area contributed by atoms with Crippen molar-refractivity contribution < 1.29 is 50.2 Å². The van der Waals surface area contributed by atoms with Crippen molar-refractivity contribution >= 4 is 37.3 Å². The van der Waals surface area contributed by atoms with Gasteiger partial charge in [0, 0.05) is 13.2 Å². The van der Waals surface area contributed by atoms with Gasteiger partial charge in [0.25, 0.3) is 0 Å². The van der Waals surface area contributed by atoms with E-state index in [0.29, 0.717) is 13.2 Å². The summed E-state index contributed by atoms with van der Waals surface area (Å²) in [5.74, 6) is 0. The number of hydrogen-bond donors (Lipinski definition) is 8. The molecule has 0 bridgehead atoms. The molecule has 0 spiro atoms. The average Bonchev–Trinajstić information content (AvgIpc) is 3.47. The van der Waals surface area contributed by atoms with Crippen LogP contribution in [0.3, 0.4) is 0 Å². The summed E-state index contributed by atoms with van der Waals surface area (Å²) >= 11 is 0. The van der Waals surface area contributed by atoms with E-state index >= 15 is 0 Å². The Morgan fingerprint density at radius 2 is 0.425 bits per heavy atom. The van der Waals surface area contributed by atoms with Crippen LogP contribution in [-0.2, 0) is 0 Å². The molecule has 0 saturated carbocycles. The van der Waals surface area contributed by atoms with Crippen LogP contribution >= 0.6 is 18.5 Å². The first kappa shape index (κ1) is 115. The van der Waals surface area contributed by atoms with Crippen molar-refractivity contribution in [3.8, 4) is 0 Å². The van der Waals surface area contributed by atoms with E-state index < -0.39 is 10.7 Å². The van der Waals surface area contributed by atoms with E-state index in [1.165, 1.54) is 253 Å². The fourth-order valence-corrected chi connectivity index (χ4v) is 7.79. The summed E-state index contributed by atoms with van der Waals surface area (Å²) in [6.45, 7) is 27.9. The van der Waals surface area contributed by atoms with Gasteiger partial charge in [-0.1, -0.05) is 247 Å². The quantitative estimate of drug-likeness (QED) is 0.00703. The molecule has 27 heteroatoms. The van der Waals surface area contributed by atoms with Crippen LogP contribution in [0.5, 0.6) is 0 Å². The zero-order valence-corrected chi connectivity index (χ0v) is 60.0. The van der Waals surface area contributed by atoms with Gasteiger partial charge in [-0.3, -0.25) is 0 Å². The predicted molar refractivity (Wildman–Crippen MR) is 375 cm³/mol. The van der Waals surface area contributed by atoms with Gasteiger partial charge < -0.3 is 70.4 Å². The number of nitrogens with zero attached hydrogens (tertiary/aromatic N) is 8. The summed E-state index contributed by atoms with van der Waals surface area (Å²) in [7, 11) is 14.3. The first-order valence-electron chi connectivity index (χ1n) is 32.5. The molecule has 4 atom stereocenters. The molecule has 0 aliphatic carbocycles. The second-order valence-corrected chi connectivity index (χ2v) is 24.3. The van der Waals surface area contributed by atoms with Crippen molar-refractivity contribution in [3.63, 3.8) is 0 Å². The van der Waals surface area contributed by atoms with E-state index in [9.17, 15) is 10.2 Å². The summed E-state index contributed by atoms with van der Waals surface area (Å²) in [4.78, 5) is 48.4. The number of aliphatic hydroxyl groups is 4. The van der Waals surface area contributed by atoms with Gasteiger partial charge >= 0.3 is 18.9 Å². The van der Waals surface area contributed by atoms with Crippen LogP contribution in [0.2, 0.25) is 0 Å². The molecule has 87 heavy (non-hydrogen) atoms. The van der Waals surface area contributed by atoms with Gasteiger partial charge in [0.1, 0.15) is 0 Å². The molecule has 0 aromatic heterocycles. The number of hydrogen-bond acceptors (Lipinski definition) is 18. The molecule has 4 unspecified atom stereocenters. The Hall–Kier alpha value is -2.38. The standard InChI is InChI=1S/2C16H35OP.2C8H18O.2C6H16N.Li.6HNO2.H/c2*1-3-5-7-9-11-13-15-16(17,18)14-12-10-8-6-4-2;2*1-2-3-4-5-6-7-8-9;2*1-5-7(3,4)6-2;;6*2-1-3;/h2*17H,3-15,18H2,1-2H3;2*9H,2-8H2,1H3;2*5-6H2,1-4H3;;6*(H,2,3);/q;;;;2*+1;;;;;;;;/p-2. The van der Waals surface area contributed by atoms with E-state index in [2.05, 4.69) is 116 Å². The number of quaternary nitrogens is 2. The molecule has 0 aromatic carbocycles. The molecule has 0 amide bonds. The van der Waals surface area contributed by atoms with E-state index in [0.717, 1.165) is 58.2 Å².